The lowest BCUT2D eigenvalue weighted by Gasteiger charge is -2.03. The van der Waals surface area contributed by atoms with Crippen LogP contribution in [-0.4, -0.2) is 15.0 Å². The number of nitrogens with zero attached hydrogens (tertiary/aromatic N) is 3. The zero-order valence-corrected chi connectivity index (χ0v) is 15.5. The van der Waals surface area contributed by atoms with E-state index < -0.39 is 0 Å². The smallest absolute Gasteiger partial charge is 0.251 e. The van der Waals surface area contributed by atoms with Crippen LogP contribution in [-0.2, 0) is 0 Å². The number of nitrogens with one attached hydrogen (secondary N) is 1. The average Bonchev–Trinajstić information content (AvgIpc) is 3.05. The monoisotopic (exact) mass is 391 g/mol. The van der Waals surface area contributed by atoms with Crippen LogP contribution in [0.1, 0.15) is 0 Å². The highest BCUT2D eigenvalue weighted by Gasteiger charge is 2.24. The maximum absolute atomic E-state index is 6.08. The van der Waals surface area contributed by atoms with Gasteiger partial charge in [-0.25, -0.2) is 4.98 Å². The van der Waals surface area contributed by atoms with Gasteiger partial charge in [-0.1, -0.05) is 40.3 Å². The van der Waals surface area contributed by atoms with E-state index in [-0.39, 0.29) is 0 Å². The number of imidazole rings is 1. The van der Waals surface area contributed by atoms with E-state index in [0.717, 1.165) is 33.8 Å². The normalized spacial score (nSPS) is 11.3. The van der Waals surface area contributed by atoms with Crippen molar-refractivity contribution in [1.29, 1.82) is 0 Å². The molecular formula is C21H13Cl2N4+. The van der Waals surface area contributed by atoms with E-state index in [4.69, 9.17) is 33.2 Å². The molecule has 2 aromatic heterocycles. The SMILES string of the molecule is Clc1ccc(-c2[nH]c3nc4ccccc4nc3[n+]2-c2ccc(Cl)cc2)cc1. The summed E-state index contributed by atoms with van der Waals surface area (Å²) in [5, 5.41) is 1.37. The van der Waals surface area contributed by atoms with Crippen LogP contribution in [0.25, 0.3) is 39.4 Å². The number of halogens is 2. The van der Waals surface area contributed by atoms with E-state index in [1.165, 1.54) is 0 Å². The van der Waals surface area contributed by atoms with Crippen LogP contribution in [0.5, 0.6) is 0 Å². The molecule has 0 spiro atoms. The van der Waals surface area contributed by atoms with Gasteiger partial charge in [0.2, 0.25) is 5.82 Å². The summed E-state index contributed by atoms with van der Waals surface area (Å²) in [4.78, 5) is 13.0. The maximum Gasteiger partial charge on any atom is 0.328 e. The minimum Gasteiger partial charge on any atom is -0.251 e. The molecule has 27 heavy (non-hydrogen) atoms. The van der Waals surface area contributed by atoms with Crippen molar-refractivity contribution in [1.82, 2.24) is 15.0 Å². The average molecular weight is 392 g/mol. The summed E-state index contributed by atoms with van der Waals surface area (Å²) >= 11 is 12.2. The number of hydrogen-bond acceptors (Lipinski definition) is 2. The lowest BCUT2D eigenvalue weighted by atomic mass is 10.2. The van der Waals surface area contributed by atoms with Crippen LogP contribution >= 0.6 is 23.2 Å². The zero-order valence-electron chi connectivity index (χ0n) is 14.0. The number of benzene rings is 3. The van der Waals surface area contributed by atoms with Crippen LogP contribution < -0.4 is 4.57 Å². The van der Waals surface area contributed by atoms with Crippen molar-refractivity contribution in [2.24, 2.45) is 0 Å². The number of rotatable bonds is 2. The molecule has 1 N–H and O–H groups in total. The Labute approximate surface area is 165 Å². The first-order valence-electron chi connectivity index (χ1n) is 8.41. The number of hydrogen-bond donors (Lipinski definition) is 1. The van der Waals surface area contributed by atoms with Gasteiger partial charge in [0.15, 0.2) is 5.52 Å². The first-order valence-corrected chi connectivity index (χ1v) is 9.17. The molecule has 0 aliphatic rings. The van der Waals surface area contributed by atoms with E-state index in [0.29, 0.717) is 15.7 Å². The van der Waals surface area contributed by atoms with Gasteiger partial charge in [0, 0.05) is 15.6 Å². The molecule has 0 fully saturated rings. The summed E-state index contributed by atoms with van der Waals surface area (Å²) < 4.78 is 2.05. The second-order valence-corrected chi connectivity index (χ2v) is 7.05. The number of aromatic nitrogens is 4. The summed E-state index contributed by atoms with van der Waals surface area (Å²) in [5.74, 6) is 0.874. The van der Waals surface area contributed by atoms with Crippen molar-refractivity contribution >= 4 is 45.5 Å². The van der Waals surface area contributed by atoms with Crippen LogP contribution in [0.4, 0.5) is 0 Å². The fourth-order valence-corrected chi connectivity index (χ4v) is 3.41. The van der Waals surface area contributed by atoms with Gasteiger partial charge >= 0.3 is 5.65 Å². The molecule has 5 rings (SSSR count). The van der Waals surface area contributed by atoms with E-state index in [1.54, 1.807) is 0 Å². The van der Waals surface area contributed by atoms with Gasteiger partial charge in [0.05, 0.1) is 0 Å². The van der Waals surface area contributed by atoms with Crippen LogP contribution in [0.2, 0.25) is 10.0 Å². The molecular weight excluding hydrogens is 379 g/mol. The van der Waals surface area contributed by atoms with Gasteiger partial charge in [-0.05, 0) is 60.7 Å². The molecule has 4 nitrogen and oxygen atoms in total. The van der Waals surface area contributed by atoms with Gasteiger partial charge < -0.3 is 0 Å². The van der Waals surface area contributed by atoms with Crippen molar-refractivity contribution < 1.29 is 4.57 Å². The fourth-order valence-electron chi connectivity index (χ4n) is 3.16. The first-order chi connectivity index (χ1) is 13.2. The topological polar surface area (TPSA) is 45.5 Å². The van der Waals surface area contributed by atoms with Crippen LogP contribution in [0.3, 0.4) is 0 Å². The highest BCUT2D eigenvalue weighted by Crippen LogP contribution is 2.23. The Morgan fingerprint density at radius 2 is 1.30 bits per heavy atom. The fraction of sp³-hybridized carbons (Fsp3) is 0. The van der Waals surface area contributed by atoms with Gasteiger partial charge in [-0.2, -0.15) is 4.57 Å². The molecule has 0 amide bonds. The molecule has 130 valence electrons. The minimum atomic E-state index is 0.684. The summed E-state index contributed by atoms with van der Waals surface area (Å²) in [6, 6.07) is 23.2. The summed E-state index contributed by atoms with van der Waals surface area (Å²) in [6.45, 7) is 0. The number of aromatic amines is 1. The Kier molecular flexibility index (Phi) is 3.81. The number of H-pyrrole nitrogens is 1. The largest absolute Gasteiger partial charge is 0.328 e. The van der Waals surface area contributed by atoms with Gasteiger partial charge in [0.25, 0.3) is 5.65 Å². The molecule has 0 aliphatic carbocycles. The van der Waals surface area contributed by atoms with Crippen molar-refractivity contribution in [2.75, 3.05) is 0 Å². The summed E-state index contributed by atoms with van der Waals surface area (Å²) in [7, 11) is 0. The molecule has 0 bridgehead atoms. The van der Waals surface area contributed by atoms with Crippen molar-refractivity contribution in [3.05, 3.63) is 82.8 Å². The predicted octanol–water partition coefficient (Wildman–Crippen LogP) is 5.36. The van der Waals surface area contributed by atoms with E-state index in [9.17, 15) is 0 Å². The van der Waals surface area contributed by atoms with Crippen molar-refractivity contribution in [3.8, 4) is 17.1 Å². The number of fused-ring (bicyclic) bond motifs is 2. The quantitative estimate of drug-likeness (QED) is 0.411. The highest BCUT2D eigenvalue weighted by molar-refractivity contribution is 6.30. The summed E-state index contributed by atoms with van der Waals surface area (Å²) in [5.41, 5.74) is 5.08. The summed E-state index contributed by atoms with van der Waals surface area (Å²) in [6.07, 6.45) is 0. The van der Waals surface area contributed by atoms with Gasteiger partial charge in [-0.3, -0.25) is 4.98 Å². The number of para-hydroxylation sites is 2. The standard InChI is InChI=1S/C21H12Cl2N4/c22-14-7-5-13(6-8-14)20-26-19-21(25-18-4-2-1-3-17(18)24-19)27(20)16-11-9-15(23)10-12-16/h1-12H/p+1. The molecule has 3 aromatic carbocycles. The molecule has 0 aliphatic heterocycles. The lowest BCUT2D eigenvalue weighted by Crippen LogP contribution is -2.32. The zero-order chi connectivity index (χ0) is 18.4. The molecule has 0 unspecified atom stereocenters. The van der Waals surface area contributed by atoms with E-state index in [2.05, 4.69) is 4.98 Å². The second kappa shape index (κ2) is 6.34. The third kappa shape index (κ3) is 2.83. The van der Waals surface area contributed by atoms with Gasteiger partial charge in [-0.15, -0.1) is 0 Å². The first kappa shape index (κ1) is 16.2. The Bertz CT molecular complexity index is 1280. The van der Waals surface area contributed by atoms with Crippen molar-refractivity contribution in [2.45, 2.75) is 0 Å². The molecule has 0 radical (unpaired) electrons. The predicted molar refractivity (Wildman–Crippen MR) is 108 cm³/mol. The second-order valence-electron chi connectivity index (χ2n) is 6.18. The molecule has 6 heteroatoms. The Morgan fingerprint density at radius 1 is 0.704 bits per heavy atom. The van der Waals surface area contributed by atoms with E-state index in [1.807, 2.05) is 77.4 Å². The maximum atomic E-state index is 6.08. The molecule has 0 saturated heterocycles. The minimum absolute atomic E-state index is 0.684. The highest BCUT2D eigenvalue weighted by atomic mass is 35.5. The van der Waals surface area contributed by atoms with E-state index >= 15 is 0 Å². The Balaban J connectivity index is 1.86. The molecule has 0 atom stereocenters. The lowest BCUT2D eigenvalue weighted by molar-refractivity contribution is -0.556. The Hall–Kier alpha value is -2.95. The third-order valence-corrected chi connectivity index (χ3v) is 4.93. The molecule has 2 heterocycles. The third-order valence-electron chi connectivity index (χ3n) is 4.43. The molecule has 5 aromatic rings. The Morgan fingerprint density at radius 3 is 1.96 bits per heavy atom. The van der Waals surface area contributed by atoms with Gasteiger partial charge in [0.1, 0.15) is 11.2 Å². The molecule has 0 saturated carbocycles. The van der Waals surface area contributed by atoms with Crippen molar-refractivity contribution in [3.63, 3.8) is 0 Å². The van der Waals surface area contributed by atoms with Crippen LogP contribution in [0, 0.1) is 0 Å². The van der Waals surface area contributed by atoms with Crippen LogP contribution in [0.15, 0.2) is 72.8 Å².